The molecule has 0 radical (unpaired) electrons. The predicted molar refractivity (Wildman–Crippen MR) is 77.4 cm³/mol. The van der Waals surface area contributed by atoms with Crippen molar-refractivity contribution in [2.45, 2.75) is 50.1 Å². The Morgan fingerprint density at radius 2 is 1.86 bits per heavy atom. The molecule has 2 aliphatic heterocycles. The molecule has 1 atom stereocenters. The molecule has 21 heavy (non-hydrogen) atoms. The molecule has 0 N–H and O–H groups in total. The van der Waals surface area contributed by atoms with Gasteiger partial charge in [0.05, 0.1) is 25.9 Å². The van der Waals surface area contributed by atoms with Crippen LogP contribution < -0.4 is 4.74 Å². The molecule has 1 aliphatic carbocycles. The van der Waals surface area contributed by atoms with E-state index in [-0.39, 0.29) is 11.9 Å². The highest BCUT2D eigenvalue weighted by Crippen LogP contribution is 2.37. The molecule has 4 nitrogen and oxygen atoms in total. The maximum absolute atomic E-state index is 6.06. The van der Waals surface area contributed by atoms with E-state index in [1.807, 2.05) is 12.1 Å². The molecule has 1 saturated carbocycles. The first kappa shape index (κ1) is 13.6. The number of para-hydroxylation sites is 1. The third-order valence-corrected chi connectivity index (χ3v) is 4.74. The van der Waals surface area contributed by atoms with E-state index in [1.165, 1.54) is 5.56 Å². The van der Waals surface area contributed by atoms with Crippen LogP contribution >= 0.6 is 0 Å². The fraction of sp³-hybridized carbons (Fsp3) is 0.647. The summed E-state index contributed by atoms with van der Waals surface area (Å²) in [6.07, 6.45) is 5.36. The summed E-state index contributed by atoms with van der Waals surface area (Å²) < 4.78 is 23.5. The molecular formula is C17H22O4. The van der Waals surface area contributed by atoms with Crippen molar-refractivity contribution in [3.8, 4) is 5.75 Å². The van der Waals surface area contributed by atoms with Crippen molar-refractivity contribution in [1.82, 2.24) is 0 Å². The van der Waals surface area contributed by atoms with Gasteiger partial charge in [0, 0.05) is 19.3 Å². The van der Waals surface area contributed by atoms with E-state index in [2.05, 4.69) is 12.1 Å². The third kappa shape index (κ3) is 2.80. The largest absolute Gasteiger partial charge is 0.487 e. The third-order valence-electron chi connectivity index (χ3n) is 4.74. The minimum atomic E-state index is -0.292. The summed E-state index contributed by atoms with van der Waals surface area (Å²) in [5.41, 5.74) is 1.29. The predicted octanol–water partition coefficient (Wildman–Crippen LogP) is 2.69. The standard InChI is InChI=1S/C17H22O4/c1-2-4-16-13(3-1)11-15(21-16)12-18-14-5-7-17(8-6-14)19-9-10-20-17/h1-4,14-15H,5-12H2. The Kier molecular flexibility index (Phi) is 3.61. The van der Waals surface area contributed by atoms with Crippen LogP contribution in [0, 0.1) is 0 Å². The van der Waals surface area contributed by atoms with Gasteiger partial charge in [-0.1, -0.05) is 18.2 Å². The average molecular weight is 290 g/mol. The van der Waals surface area contributed by atoms with Gasteiger partial charge in [0.25, 0.3) is 0 Å². The van der Waals surface area contributed by atoms with E-state index in [0.717, 1.165) is 51.1 Å². The van der Waals surface area contributed by atoms with Crippen molar-refractivity contribution in [3.05, 3.63) is 29.8 Å². The summed E-state index contributed by atoms with van der Waals surface area (Å²) >= 11 is 0. The lowest BCUT2D eigenvalue weighted by atomic mass is 9.92. The summed E-state index contributed by atoms with van der Waals surface area (Å²) in [5.74, 6) is 0.724. The van der Waals surface area contributed by atoms with E-state index in [4.69, 9.17) is 18.9 Å². The van der Waals surface area contributed by atoms with Crippen LogP contribution in [0.2, 0.25) is 0 Å². The SMILES string of the molecule is c1ccc2c(c1)CC(COC1CCC3(CC1)OCCO3)O2. The highest BCUT2D eigenvalue weighted by molar-refractivity contribution is 5.37. The van der Waals surface area contributed by atoms with Gasteiger partial charge in [-0.15, -0.1) is 0 Å². The first-order valence-corrected chi connectivity index (χ1v) is 7.97. The van der Waals surface area contributed by atoms with Crippen molar-refractivity contribution >= 4 is 0 Å². The Hall–Kier alpha value is -1.10. The summed E-state index contributed by atoms with van der Waals surface area (Å²) in [7, 11) is 0. The molecule has 114 valence electrons. The molecule has 3 aliphatic rings. The van der Waals surface area contributed by atoms with Gasteiger partial charge < -0.3 is 18.9 Å². The van der Waals surface area contributed by atoms with Crippen molar-refractivity contribution < 1.29 is 18.9 Å². The summed E-state index contributed by atoms with van der Waals surface area (Å²) in [4.78, 5) is 0. The van der Waals surface area contributed by atoms with Gasteiger partial charge in [-0.25, -0.2) is 0 Å². The van der Waals surface area contributed by atoms with Crippen LogP contribution in [0.5, 0.6) is 5.75 Å². The number of benzene rings is 1. The molecule has 1 saturated heterocycles. The van der Waals surface area contributed by atoms with E-state index in [1.54, 1.807) is 0 Å². The van der Waals surface area contributed by atoms with Crippen LogP contribution in [0.4, 0.5) is 0 Å². The molecule has 0 bridgehead atoms. The zero-order valence-electron chi connectivity index (χ0n) is 12.3. The average Bonchev–Trinajstić information content (AvgIpc) is 3.13. The quantitative estimate of drug-likeness (QED) is 0.857. The summed E-state index contributed by atoms with van der Waals surface area (Å²) in [6, 6.07) is 8.25. The minimum absolute atomic E-state index is 0.164. The van der Waals surface area contributed by atoms with Gasteiger partial charge in [0.1, 0.15) is 11.9 Å². The summed E-state index contributed by atoms with van der Waals surface area (Å²) in [5, 5.41) is 0. The normalized spacial score (nSPS) is 27.7. The Morgan fingerprint density at radius 1 is 1.10 bits per heavy atom. The maximum Gasteiger partial charge on any atom is 0.168 e. The second-order valence-electron chi connectivity index (χ2n) is 6.19. The van der Waals surface area contributed by atoms with Crippen molar-refractivity contribution in [2.75, 3.05) is 19.8 Å². The molecule has 1 aromatic rings. The van der Waals surface area contributed by atoms with Gasteiger partial charge in [0.2, 0.25) is 0 Å². The highest BCUT2D eigenvalue weighted by Gasteiger charge is 2.40. The lowest BCUT2D eigenvalue weighted by Crippen LogP contribution is -2.38. The summed E-state index contributed by atoms with van der Waals surface area (Å²) in [6.45, 7) is 2.15. The molecule has 2 fully saturated rings. The topological polar surface area (TPSA) is 36.9 Å². The molecule has 1 spiro atoms. The van der Waals surface area contributed by atoms with E-state index in [9.17, 15) is 0 Å². The van der Waals surface area contributed by atoms with Gasteiger partial charge in [0.15, 0.2) is 5.79 Å². The van der Waals surface area contributed by atoms with Gasteiger partial charge >= 0.3 is 0 Å². The Labute approximate surface area is 125 Å². The minimum Gasteiger partial charge on any atom is -0.487 e. The molecule has 4 rings (SSSR count). The van der Waals surface area contributed by atoms with Crippen LogP contribution in [-0.4, -0.2) is 37.8 Å². The Bertz CT molecular complexity index is 460. The monoisotopic (exact) mass is 290 g/mol. The van der Waals surface area contributed by atoms with Crippen LogP contribution in [0.3, 0.4) is 0 Å². The van der Waals surface area contributed by atoms with E-state index >= 15 is 0 Å². The fourth-order valence-electron chi connectivity index (χ4n) is 3.57. The van der Waals surface area contributed by atoms with Crippen molar-refractivity contribution in [2.24, 2.45) is 0 Å². The zero-order chi connectivity index (χ0) is 14.1. The number of hydrogen-bond acceptors (Lipinski definition) is 4. The number of rotatable bonds is 3. The second kappa shape index (κ2) is 5.59. The van der Waals surface area contributed by atoms with Gasteiger partial charge in [-0.05, 0) is 24.5 Å². The van der Waals surface area contributed by atoms with Crippen molar-refractivity contribution in [1.29, 1.82) is 0 Å². The number of fused-ring (bicyclic) bond motifs is 1. The molecular weight excluding hydrogens is 268 g/mol. The van der Waals surface area contributed by atoms with Crippen LogP contribution in [0.25, 0.3) is 0 Å². The molecule has 0 aromatic heterocycles. The maximum atomic E-state index is 6.06. The first-order valence-electron chi connectivity index (χ1n) is 7.97. The molecule has 0 amide bonds. The number of ether oxygens (including phenoxy) is 4. The fourth-order valence-corrected chi connectivity index (χ4v) is 3.57. The molecule has 1 aromatic carbocycles. The van der Waals surface area contributed by atoms with Crippen LogP contribution in [-0.2, 0) is 20.6 Å². The smallest absolute Gasteiger partial charge is 0.168 e. The van der Waals surface area contributed by atoms with Crippen LogP contribution in [0.15, 0.2) is 24.3 Å². The van der Waals surface area contributed by atoms with E-state index < -0.39 is 0 Å². The Morgan fingerprint density at radius 3 is 2.62 bits per heavy atom. The van der Waals surface area contributed by atoms with Crippen LogP contribution in [0.1, 0.15) is 31.2 Å². The zero-order valence-corrected chi connectivity index (χ0v) is 12.3. The lowest BCUT2D eigenvalue weighted by molar-refractivity contribution is -0.192. The first-order chi connectivity index (χ1) is 10.3. The van der Waals surface area contributed by atoms with Crippen molar-refractivity contribution in [3.63, 3.8) is 0 Å². The second-order valence-corrected chi connectivity index (χ2v) is 6.19. The Balaban J connectivity index is 1.24. The van der Waals surface area contributed by atoms with E-state index in [0.29, 0.717) is 12.7 Å². The highest BCUT2D eigenvalue weighted by atomic mass is 16.7. The molecule has 2 heterocycles. The van der Waals surface area contributed by atoms with Gasteiger partial charge in [-0.2, -0.15) is 0 Å². The number of hydrogen-bond donors (Lipinski definition) is 0. The molecule has 4 heteroatoms. The lowest BCUT2D eigenvalue weighted by Gasteiger charge is -2.35. The molecule has 1 unspecified atom stereocenters. The van der Waals surface area contributed by atoms with Gasteiger partial charge in [-0.3, -0.25) is 0 Å².